The molecule has 0 radical (unpaired) electrons. The summed E-state index contributed by atoms with van der Waals surface area (Å²) in [4.78, 5) is 16.3. The lowest BCUT2D eigenvalue weighted by Crippen LogP contribution is -2.26. The van der Waals surface area contributed by atoms with Gasteiger partial charge in [0, 0.05) is 5.56 Å². The summed E-state index contributed by atoms with van der Waals surface area (Å²) < 4.78 is 25.8. The van der Waals surface area contributed by atoms with Crippen molar-refractivity contribution in [3.05, 3.63) is 29.8 Å². The number of carbonyl (C=O) groups is 1. The Balaban J connectivity index is 2.94. The third-order valence-corrected chi connectivity index (χ3v) is 3.48. The zero-order chi connectivity index (χ0) is 14.3. The van der Waals surface area contributed by atoms with Gasteiger partial charge in [-0.3, -0.25) is 9.63 Å². The molecule has 0 aliphatic heterocycles. The van der Waals surface area contributed by atoms with E-state index in [0.717, 1.165) is 0 Å². The Hall–Kier alpha value is -1.88. The maximum Gasteiger partial charge on any atom is 0.274 e. The van der Waals surface area contributed by atoms with Gasteiger partial charge in [-0.1, -0.05) is 12.0 Å². The van der Waals surface area contributed by atoms with E-state index in [9.17, 15) is 13.2 Å². The van der Waals surface area contributed by atoms with Crippen LogP contribution in [0, 0.1) is 12.3 Å². The van der Waals surface area contributed by atoms with Crippen LogP contribution in [0.4, 0.5) is 0 Å². The lowest BCUT2D eigenvalue weighted by Gasteiger charge is -2.07. The van der Waals surface area contributed by atoms with Crippen LogP contribution in [0.2, 0.25) is 0 Å². The minimum absolute atomic E-state index is 0.0353. The first kappa shape index (κ1) is 15.2. The molecular formula is C12H14N2O4S. The van der Waals surface area contributed by atoms with Crippen molar-refractivity contribution in [2.75, 3.05) is 13.2 Å². The molecule has 102 valence electrons. The number of rotatable bonds is 6. The third kappa shape index (κ3) is 4.37. The van der Waals surface area contributed by atoms with Crippen molar-refractivity contribution < 1.29 is 18.0 Å². The molecule has 0 heterocycles. The van der Waals surface area contributed by atoms with Gasteiger partial charge in [0.05, 0.1) is 18.0 Å². The molecule has 0 atom stereocenters. The summed E-state index contributed by atoms with van der Waals surface area (Å²) in [6.45, 7) is 1.91. The van der Waals surface area contributed by atoms with Crippen LogP contribution >= 0.6 is 0 Å². The second-order valence-electron chi connectivity index (χ2n) is 3.42. The number of nitrogens with one attached hydrogen (secondary N) is 2. The zero-order valence-electron chi connectivity index (χ0n) is 10.3. The molecule has 0 saturated carbocycles. The van der Waals surface area contributed by atoms with Crippen LogP contribution in [0.5, 0.6) is 0 Å². The number of hydroxylamine groups is 1. The van der Waals surface area contributed by atoms with Crippen molar-refractivity contribution in [1.82, 2.24) is 10.2 Å². The zero-order valence-corrected chi connectivity index (χ0v) is 11.2. The standard InChI is InChI=1S/C12H14N2O4S/c1-3-8-13-19(16,17)11-7-5-6-10(9-11)12(15)14-18-4-2/h1,5-7,9,13H,4,8H2,2H3,(H,14,15). The number of sulfonamides is 1. The Labute approximate surface area is 112 Å². The molecule has 1 amide bonds. The molecule has 1 rings (SSSR count). The quantitative estimate of drug-likeness (QED) is 0.580. The molecule has 1 aromatic rings. The highest BCUT2D eigenvalue weighted by atomic mass is 32.2. The smallest absolute Gasteiger partial charge is 0.274 e. The Morgan fingerprint density at radius 2 is 2.21 bits per heavy atom. The van der Waals surface area contributed by atoms with E-state index in [0.29, 0.717) is 6.61 Å². The molecule has 1 aromatic carbocycles. The molecule has 7 heteroatoms. The van der Waals surface area contributed by atoms with Crippen LogP contribution in [-0.2, 0) is 14.9 Å². The Morgan fingerprint density at radius 3 is 2.84 bits per heavy atom. The molecule has 0 spiro atoms. The van der Waals surface area contributed by atoms with E-state index >= 15 is 0 Å². The van der Waals surface area contributed by atoms with Crippen LogP contribution < -0.4 is 10.2 Å². The average Bonchev–Trinajstić information content (AvgIpc) is 2.42. The average molecular weight is 282 g/mol. The van der Waals surface area contributed by atoms with E-state index in [1.807, 2.05) is 0 Å². The van der Waals surface area contributed by atoms with Gasteiger partial charge in [0.25, 0.3) is 5.91 Å². The summed E-state index contributed by atoms with van der Waals surface area (Å²) in [6, 6.07) is 5.56. The van der Waals surface area contributed by atoms with Gasteiger partial charge < -0.3 is 0 Å². The van der Waals surface area contributed by atoms with Gasteiger partial charge in [0.15, 0.2) is 0 Å². The molecule has 0 saturated heterocycles. The fourth-order valence-electron chi connectivity index (χ4n) is 1.22. The van der Waals surface area contributed by atoms with E-state index in [1.165, 1.54) is 24.3 Å². The predicted octanol–water partition coefficient (Wildman–Crippen LogP) is 0.279. The number of benzene rings is 1. The third-order valence-electron chi connectivity index (χ3n) is 2.08. The van der Waals surface area contributed by atoms with Crippen molar-refractivity contribution in [2.24, 2.45) is 0 Å². The highest BCUT2D eigenvalue weighted by Crippen LogP contribution is 2.11. The fourth-order valence-corrected chi connectivity index (χ4v) is 2.20. The normalized spacial score (nSPS) is 10.7. The molecule has 0 unspecified atom stereocenters. The number of hydrogen-bond acceptors (Lipinski definition) is 4. The van der Waals surface area contributed by atoms with E-state index < -0.39 is 15.9 Å². The number of amides is 1. The molecule has 0 bridgehead atoms. The summed E-state index contributed by atoms with van der Waals surface area (Å²) in [5.41, 5.74) is 2.36. The topological polar surface area (TPSA) is 84.5 Å². The van der Waals surface area contributed by atoms with Gasteiger partial charge in [0.1, 0.15) is 0 Å². The van der Waals surface area contributed by atoms with Gasteiger partial charge in [-0.25, -0.2) is 13.9 Å². The van der Waals surface area contributed by atoms with Crippen molar-refractivity contribution in [3.63, 3.8) is 0 Å². The monoisotopic (exact) mass is 282 g/mol. The summed E-state index contributed by atoms with van der Waals surface area (Å²) in [6.07, 6.45) is 4.99. The first-order valence-electron chi connectivity index (χ1n) is 5.46. The number of terminal acetylenes is 1. The second kappa shape index (κ2) is 6.89. The van der Waals surface area contributed by atoms with Gasteiger partial charge in [0.2, 0.25) is 10.0 Å². The van der Waals surface area contributed by atoms with E-state index in [4.69, 9.17) is 11.3 Å². The van der Waals surface area contributed by atoms with E-state index in [2.05, 4.69) is 16.1 Å². The molecular weight excluding hydrogens is 268 g/mol. The largest absolute Gasteiger partial charge is 0.274 e. The molecule has 6 nitrogen and oxygen atoms in total. The Bertz CT molecular complexity index is 590. The maximum atomic E-state index is 11.8. The van der Waals surface area contributed by atoms with Crippen molar-refractivity contribution in [1.29, 1.82) is 0 Å². The van der Waals surface area contributed by atoms with Gasteiger partial charge >= 0.3 is 0 Å². The highest BCUT2D eigenvalue weighted by Gasteiger charge is 2.15. The summed E-state index contributed by atoms with van der Waals surface area (Å²) in [5.74, 6) is 1.65. The lowest BCUT2D eigenvalue weighted by atomic mass is 10.2. The molecule has 0 fully saturated rings. The molecule has 19 heavy (non-hydrogen) atoms. The SMILES string of the molecule is C#CCNS(=O)(=O)c1cccc(C(=O)NOCC)c1. The van der Waals surface area contributed by atoms with Gasteiger partial charge in [-0.2, -0.15) is 4.72 Å². The molecule has 0 aliphatic rings. The Morgan fingerprint density at radius 1 is 1.47 bits per heavy atom. The highest BCUT2D eigenvalue weighted by molar-refractivity contribution is 7.89. The Kier molecular flexibility index (Phi) is 5.51. The summed E-state index contributed by atoms with van der Waals surface area (Å²) in [7, 11) is -3.71. The fraction of sp³-hybridized carbons (Fsp3) is 0.250. The van der Waals surface area contributed by atoms with Gasteiger partial charge in [-0.05, 0) is 25.1 Å². The first-order chi connectivity index (χ1) is 9.01. The predicted molar refractivity (Wildman–Crippen MR) is 69.6 cm³/mol. The first-order valence-corrected chi connectivity index (χ1v) is 6.95. The van der Waals surface area contributed by atoms with Crippen LogP contribution in [0.15, 0.2) is 29.2 Å². The van der Waals surface area contributed by atoms with E-state index in [1.54, 1.807) is 6.92 Å². The van der Waals surface area contributed by atoms with Gasteiger partial charge in [-0.15, -0.1) is 6.42 Å². The van der Waals surface area contributed by atoms with Crippen molar-refractivity contribution >= 4 is 15.9 Å². The molecule has 2 N–H and O–H groups in total. The van der Waals surface area contributed by atoms with Crippen LogP contribution in [0.3, 0.4) is 0 Å². The lowest BCUT2D eigenvalue weighted by molar-refractivity contribution is 0.0364. The number of hydrogen-bond donors (Lipinski definition) is 2. The van der Waals surface area contributed by atoms with E-state index in [-0.39, 0.29) is 17.0 Å². The van der Waals surface area contributed by atoms with Crippen LogP contribution in [-0.4, -0.2) is 27.5 Å². The summed E-state index contributed by atoms with van der Waals surface area (Å²) in [5, 5.41) is 0. The van der Waals surface area contributed by atoms with Crippen molar-refractivity contribution in [2.45, 2.75) is 11.8 Å². The second-order valence-corrected chi connectivity index (χ2v) is 5.19. The maximum absolute atomic E-state index is 11.8. The minimum atomic E-state index is -3.71. The molecule has 0 aliphatic carbocycles. The minimum Gasteiger partial charge on any atom is -0.274 e. The number of carbonyl (C=O) groups excluding carboxylic acids is 1. The van der Waals surface area contributed by atoms with Crippen LogP contribution in [0.25, 0.3) is 0 Å². The van der Waals surface area contributed by atoms with Crippen LogP contribution in [0.1, 0.15) is 17.3 Å². The summed E-state index contributed by atoms with van der Waals surface area (Å²) >= 11 is 0. The van der Waals surface area contributed by atoms with Crippen molar-refractivity contribution in [3.8, 4) is 12.3 Å². The molecule has 0 aromatic heterocycles.